The second-order valence-corrected chi connectivity index (χ2v) is 12.5. The van der Waals surface area contributed by atoms with Crippen molar-refractivity contribution < 1.29 is 28.6 Å². The summed E-state index contributed by atoms with van der Waals surface area (Å²) in [7, 11) is 0. The van der Waals surface area contributed by atoms with Gasteiger partial charge in [0, 0.05) is 35.0 Å². The summed E-state index contributed by atoms with van der Waals surface area (Å²) in [6, 6.07) is 2.45. The first-order valence-electron chi connectivity index (χ1n) is 15.8. The number of rotatable bonds is 9. The smallest absolute Gasteiger partial charge is 0.343 e. The van der Waals surface area contributed by atoms with Gasteiger partial charge in [-0.05, 0) is 61.8 Å². The number of aliphatic hydroxyl groups is 1. The molecule has 2 amide bonds. The molecule has 13 nitrogen and oxygen atoms in total. The van der Waals surface area contributed by atoms with Crippen molar-refractivity contribution in [1.82, 2.24) is 20.2 Å². The Hall–Kier alpha value is -4.85. The van der Waals surface area contributed by atoms with Crippen LogP contribution in [0.25, 0.3) is 22.3 Å². The van der Waals surface area contributed by atoms with E-state index in [0.717, 1.165) is 16.5 Å². The summed E-state index contributed by atoms with van der Waals surface area (Å²) in [4.78, 5) is 61.0. The van der Waals surface area contributed by atoms with Crippen LogP contribution in [0.15, 0.2) is 21.9 Å². The number of nitrogens with two attached hydrogens (primary N) is 2. The Labute approximate surface area is 269 Å². The van der Waals surface area contributed by atoms with Crippen molar-refractivity contribution in [2.45, 2.75) is 77.7 Å². The molecular weight excluding hydrogens is 609 g/mol. The molecule has 4 heterocycles. The molecule has 3 aromatic rings. The quantitative estimate of drug-likeness (QED) is 0.0771. The highest BCUT2D eigenvalue weighted by Crippen LogP contribution is 2.45. The average molecular weight is 648 g/mol. The van der Waals surface area contributed by atoms with Crippen LogP contribution >= 0.6 is 0 Å². The first-order chi connectivity index (χ1) is 22.3. The molecular formula is C33H38FN7O6. The molecule has 0 fully saturated rings. The highest BCUT2D eigenvalue weighted by molar-refractivity contribution is 5.94. The van der Waals surface area contributed by atoms with E-state index in [1.807, 2.05) is 0 Å². The largest absolute Gasteiger partial charge is 0.458 e. The third-order valence-corrected chi connectivity index (χ3v) is 9.67. The van der Waals surface area contributed by atoms with Gasteiger partial charge in [0.15, 0.2) is 11.6 Å². The number of hydrogen-bond donors (Lipinski definition) is 5. The Morgan fingerprint density at radius 3 is 2.74 bits per heavy atom. The third kappa shape index (κ3) is 5.39. The van der Waals surface area contributed by atoms with Gasteiger partial charge >= 0.3 is 5.97 Å². The number of aliphatic imine (C=N–C) groups is 1. The van der Waals surface area contributed by atoms with Gasteiger partial charge in [0.25, 0.3) is 5.56 Å². The number of pyridine rings is 2. The fourth-order valence-corrected chi connectivity index (χ4v) is 7.02. The molecule has 2 aliphatic heterocycles. The number of nitrogens with zero attached hydrogens (tertiary/aromatic N) is 3. The fourth-order valence-electron chi connectivity index (χ4n) is 7.02. The topological polar surface area (TPSA) is 204 Å². The molecule has 0 spiro atoms. The van der Waals surface area contributed by atoms with Crippen LogP contribution in [0.5, 0.6) is 0 Å². The first-order valence-corrected chi connectivity index (χ1v) is 15.8. The molecule has 3 aliphatic rings. The maximum atomic E-state index is 15.2. The van der Waals surface area contributed by atoms with Crippen LogP contribution < -0.4 is 27.7 Å². The second-order valence-electron chi connectivity index (χ2n) is 12.5. The SMILES string of the molecule is CC[C@@]1(O)C(=O)OCc2c1cc1n(c2=O)Cc2c-1nc1cc(F)c(C)c3c1c2[C@@H](NC(=O)CNC(=O)[C@@H](C)CCCN=C(N)N)CC3. The number of aromatic nitrogens is 2. The maximum absolute atomic E-state index is 15.2. The predicted molar refractivity (Wildman–Crippen MR) is 171 cm³/mol. The molecule has 0 saturated heterocycles. The predicted octanol–water partition coefficient (Wildman–Crippen LogP) is 1.44. The molecule has 0 bridgehead atoms. The van der Waals surface area contributed by atoms with Crippen molar-refractivity contribution in [3.05, 3.63) is 61.7 Å². The van der Waals surface area contributed by atoms with Crippen LogP contribution in [0, 0.1) is 18.7 Å². The van der Waals surface area contributed by atoms with Crippen LogP contribution in [-0.2, 0) is 44.3 Å². The number of benzene rings is 1. The number of halogens is 1. The van der Waals surface area contributed by atoms with Gasteiger partial charge in [-0.25, -0.2) is 14.2 Å². The normalized spacial score (nSPS) is 19.7. The van der Waals surface area contributed by atoms with Gasteiger partial charge in [-0.1, -0.05) is 13.8 Å². The molecule has 248 valence electrons. The lowest BCUT2D eigenvalue weighted by Gasteiger charge is -2.31. The van der Waals surface area contributed by atoms with Gasteiger partial charge < -0.3 is 36.5 Å². The Kier molecular flexibility index (Phi) is 8.24. The number of guanidine groups is 1. The Morgan fingerprint density at radius 2 is 2.02 bits per heavy atom. The molecule has 6 rings (SSSR count). The van der Waals surface area contributed by atoms with E-state index in [-0.39, 0.29) is 55.0 Å². The van der Waals surface area contributed by atoms with Gasteiger partial charge in [0.05, 0.1) is 41.6 Å². The molecule has 2 aromatic heterocycles. The molecule has 0 radical (unpaired) electrons. The average Bonchev–Trinajstić information content (AvgIpc) is 3.41. The van der Waals surface area contributed by atoms with E-state index < -0.39 is 34.9 Å². The zero-order valence-corrected chi connectivity index (χ0v) is 26.5. The second kappa shape index (κ2) is 12.1. The summed E-state index contributed by atoms with van der Waals surface area (Å²) in [6.45, 7) is 5.14. The third-order valence-electron chi connectivity index (χ3n) is 9.67. The number of hydrogen-bond acceptors (Lipinski definition) is 8. The molecule has 0 saturated carbocycles. The number of esters is 1. The Bertz CT molecular complexity index is 1940. The van der Waals surface area contributed by atoms with E-state index in [1.165, 1.54) is 10.6 Å². The summed E-state index contributed by atoms with van der Waals surface area (Å²) < 4.78 is 21.9. The lowest BCUT2D eigenvalue weighted by atomic mass is 9.81. The number of nitrogens with one attached hydrogen (secondary N) is 2. The molecule has 14 heteroatoms. The summed E-state index contributed by atoms with van der Waals surface area (Å²) in [6.07, 6.45) is 2.10. The highest BCUT2D eigenvalue weighted by Gasteiger charge is 2.46. The minimum atomic E-state index is -1.99. The van der Waals surface area contributed by atoms with Crippen molar-refractivity contribution in [3.8, 4) is 11.4 Å². The van der Waals surface area contributed by atoms with Crippen LogP contribution in [0.3, 0.4) is 0 Å². The molecule has 3 atom stereocenters. The van der Waals surface area contributed by atoms with Gasteiger partial charge in [-0.15, -0.1) is 0 Å². The van der Waals surface area contributed by atoms with Crippen molar-refractivity contribution in [3.63, 3.8) is 0 Å². The number of carbonyl (C=O) groups excluding carboxylic acids is 3. The lowest BCUT2D eigenvalue weighted by Crippen LogP contribution is -2.44. The maximum Gasteiger partial charge on any atom is 0.343 e. The van der Waals surface area contributed by atoms with Crippen molar-refractivity contribution in [2.24, 2.45) is 22.4 Å². The van der Waals surface area contributed by atoms with E-state index in [4.69, 9.17) is 21.2 Å². The monoisotopic (exact) mass is 647 g/mol. The molecule has 1 aromatic carbocycles. The van der Waals surface area contributed by atoms with Gasteiger partial charge in [0.1, 0.15) is 12.4 Å². The summed E-state index contributed by atoms with van der Waals surface area (Å²) >= 11 is 0. The minimum absolute atomic E-state index is 0.000214. The molecule has 1 aliphatic carbocycles. The highest BCUT2D eigenvalue weighted by atomic mass is 19.1. The van der Waals surface area contributed by atoms with Crippen LogP contribution in [0.2, 0.25) is 0 Å². The number of fused-ring (bicyclic) bond motifs is 5. The zero-order chi connectivity index (χ0) is 33.8. The number of amides is 2. The van der Waals surface area contributed by atoms with Crippen LogP contribution in [0.1, 0.15) is 79.0 Å². The number of cyclic esters (lactones) is 1. The standard InChI is InChI=1S/C33H38FN7O6/c1-4-33(46)20-10-24-28-18(13-41(24)30(44)19(20)14-47-31(33)45)27-22(8-7-17-16(3)21(34)11-23(40-28)26(17)27)39-25(42)12-38-29(43)15(2)6-5-9-37-32(35)36/h10-11,15,22,46H,4-9,12-14H2,1-3H3,(H,38,43)(H,39,42)(H4,35,36,37)/t15-,22-,33-/m0/s1. The van der Waals surface area contributed by atoms with E-state index in [0.29, 0.717) is 60.3 Å². The van der Waals surface area contributed by atoms with Crippen LogP contribution in [-0.4, -0.2) is 51.5 Å². The number of aryl methyl sites for hydroxylation is 1. The molecule has 47 heavy (non-hydrogen) atoms. The van der Waals surface area contributed by atoms with Crippen LogP contribution in [0.4, 0.5) is 4.39 Å². The zero-order valence-electron chi connectivity index (χ0n) is 26.5. The van der Waals surface area contributed by atoms with Crippen molar-refractivity contribution >= 4 is 34.6 Å². The number of carbonyl (C=O) groups is 3. The fraction of sp³-hybridized carbons (Fsp3) is 0.455. The summed E-state index contributed by atoms with van der Waals surface area (Å²) in [5, 5.41) is 17.7. The summed E-state index contributed by atoms with van der Waals surface area (Å²) in [5.41, 5.74) is 12.6. The van der Waals surface area contributed by atoms with Gasteiger partial charge in [0.2, 0.25) is 11.8 Å². The van der Waals surface area contributed by atoms with Gasteiger partial charge in [-0.3, -0.25) is 19.4 Å². The molecule has 7 N–H and O–H groups in total. The Balaban J connectivity index is 1.33. The van der Waals surface area contributed by atoms with E-state index in [1.54, 1.807) is 26.8 Å². The first kappa shape index (κ1) is 32.1. The number of ether oxygens (including phenoxy) is 1. The minimum Gasteiger partial charge on any atom is -0.458 e. The molecule has 0 unspecified atom stereocenters. The lowest BCUT2D eigenvalue weighted by molar-refractivity contribution is -0.172. The van der Waals surface area contributed by atoms with Gasteiger partial charge in [-0.2, -0.15) is 0 Å². The Morgan fingerprint density at radius 1 is 1.26 bits per heavy atom. The van der Waals surface area contributed by atoms with E-state index in [2.05, 4.69) is 15.6 Å². The van der Waals surface area contributed by atoms with E-state index >= 15 is 4.39 Å². The van der Waals surface area contributed by atoms with Crippen molar-refractivity contribution in [1.29, 1.82) is 0 Å². The van der Waals surface area contributed by atoms with E-state index in [9.17, 15) is 24.3 Å². The summed E-state index contributed by atoms with van der Waals surface area (Å²) in [5.74, 6) is -2.27. The van der Waals surface area contributed by atoms with Crippen molar-refractivity contribution in [2.75, 3.05) is 13.1 Å².